The van der Waals surface area contributed by atoms with Gasteiger partial charge in [-0.15, -0.1) is 11.8 Å². The zero-order valence-electron chi connectivity index (χ0n) is 15.0. The SMILES string of the molecule is CCCc1nc2c(N)ncc(C)c2n1CCCCSc1ccccc1. The molecule has 0 aliphatic rings. The van der Waals surface area contributed by atoms with Gasteiger partial charge in [-0.1, -0.05) is 25.1 Å². The largest absolute Gasteiger partial charge is 0.382 e. The van der Waals surface area contributed by atoms with Gasteiger partial charge in [0.15, 0.2) is 5.82 Å². The first-order chi connectivity index (χ1) is 12.2. The van der Waals surface area contributed by atoms with E-state index in [0.717, 1.165) is 54.0 Å². The van der Waals surface area contributed by atoms with Crippen LogP contribution in [0.5, 0.6) is 0 Å². The van der Waals surface area contributed by atoms with Crippen LogP contribution in [-0.4, -0.2) is 20.3 Å². The number of rotatable bonds is 8. The van der Waals surface area contributed by atoms with E-state index < -0.39 is 0 Å². The second kappa shape index (κ2) is 8.39. The smallest absolute Gasteiger partial charge is 0.151 e. The highest BCUT2D eigenvalue weighted by Crippen LogP contribution is 2.25. The van der Waals surface area contributed by atoms with Gasteiger partial charge in [0.2, 0.25) is 0 Å². The van der Waals surface area contributed by atoms with Crippen molar-refractivity contribution >= 4 is 28.6 Å². The Hall–Kier alpha value is -2.01. The lowest BCUT2D eigenvalue weighted by Crippen LogP contribution is -2.05. The third-order valence-corrected chi connectivity index (χ3v) is 5.42. The highest BCUT2D eigenvalue weighted by atomic mass is 32.2. The summed E-state index contributed by atoms with van der Waals surface area (Å²) in [6.45, 7) is 5.27. The van der Waals surface area contributed by atoms with E-state index in [1.807, 2.05) is 18.0 Å². The molecule has 132 valence electrons. The van der Waals surface area contributed by atoms with Crippen LogP contribution in [0.15, 0.2) is 41.4 Å². The van der Waals surface area contributed by atoms with E-state index in [1.54, 1.807) is 0 Å². The molecule has 0 spiro atoms. The summed E-state index contributed by atoms with van der Waals surface area (Å²) >= 11 is 1.93. The second-order valence-electron chi connectivity index (χ2n) is 6.32. The fourth-order valence-electron chi connectivity index (χ4n) is 3.10. The number of fused-ring (bicyclic) bond motifs is 1. The summed E-state index contributed by atoms with van der Waals surface area (Å²) < 4.78 is 2.36. The maximum atomic E-state index is 6.05. The number of aromatic nitrogens is 3. The third kappa shape index (κ3) is 4.15. The van der Waals surface area contributed by atoms with Gasteiger partial charge in [0.25, 0.3) is 0 Å². The molecule has 0 aliphatic carbocycles. The number of thioether (sulfide) groups is 1. The number of nitrogens with two attached hydrogens (primary N) is 1. The molecule has 0 amide bonds. The van der Waals surface area contributed by atoms with E-state index in [-0.39, 0.29) is 0 Å². The van der Waals surface area contributed by atoms with E-state index >= 15 is 0 Å². The number of anilines is 1. The minimum atomic E-state index is 0.538. The average molecular weight is 355 g/mol. The Labute approximate surface area is 153 Å². The van der Waals surface area contributed by atoms with Gasteiger partial charge in [0, 0.05) is 24.1 Å². The van der Waals surface area contributed by atoms with Crippen molar-refractivity contribution in [3.05, 3.63) is 47.9 Å². The molecule has 3 rings (SSSR count). The van der Waals surface area contributed by atoms with Gasteiger partial charge in [0.05, 0.1) is 5.52 Å². The van der Waals surface area contributed by atoms with Crippen molar-refractivity contribution in [3.8, 4) is 0 Å². The number of imidazole rings is 1. The van der Waals surface area contributed by atoms with Gasteiger partial charge in [-0.3, -0.25) is 0 Å². The number of nitrogen functional groups attached to an aromatic ring is 1. The molecule has 0 radical (unpaired) electrons. The van der Waals surface area contributed by atoms with Crippen molar-refractivity contribution < 1.29 is 0 Å². The Kier molecular flexibility index (Phi) is 5.97. The summed E-state index contributed by atoms with van der Waals surface area (Å²) in [5, 5.41) is 0. The number of aryl methyl sites for hydroxylation is 3. The zero-order valence-corrected chi connectivity index (χ0v) is 15.9. The molecule has 0 aliphatic heterocycles. The van der Waals surface area contributed by atoms with Crippen LogP contribution in [0.25, 0.3) is 11.0 Å². The first kappa shape index (κ1) is 17.8. The van der Waals surface area contributed by atoms with Crippen LogP contribution in [0.4, 0.5) is 5.82 Å². The van der Waals surface area contributed by atoms with Gasteiger partial charge >= 0.3 is 0 Å². The van der Waals surface area contributed by atoms with Gasteiger partial charge in [-0.05, 0) is 49.6 Å². The molecule has 0 atom stereocenters. The molecule has 2 aromatic heterocycles. The lowest BCUT2D eigenvalue weighted by molar-refractivity contribution is 0.613. The summed E-state index contributed by atoms with van der Waals surface area (Å²) in [7, 11) is 0. The predicted octanol–water partition coefficient (Wildman–Crippen LogP) is 4.85. The van der Waals surface area contributed by atoms with Crippen LogP contribution in [0, 0.1) is 6.92 Å². The summed E-state index contributed by atoms with van der Waals surface area (Å²) in [6, 6.07) is 10.6. The maximum absolute atomic E-state index is 6.05. The topological polar surface area (TPSA) is 56.7 Å². The molecule has 0 saturated heterocycles. The quantitative estimate of drug-likeness (QED) is 0.464. The lowest BCUT2D eigenvalue weighted by Gasteiger charge is -2.10. The van der Waals surface area contributed by atoms with E-state index in [1.165, 1.54) is 11.3 Å². The minimum Gasteiger partial charge on any atom is -0.382 e. The second-order valence-corrected chi connectivity index (χ2v) is 7.49. The number of unbranched alkanes of at least 4 members (excludes halogenated alkanes) is 1. The molecular weight excluding hydrogens is 328 g/mol. The van der Waals surface area contributed by atoms with Gasteiger partial charge < -0.3 is 10.3 Å². The highest BCUT2D eigenvalue weighted by molar-refractivity contribution is 7.99. The predicted molar refractivity (Wildman–Crippen MR) is 107 cm³/mol. The Morgan fingerprint density at radius 2 is 1.96 bits per heavy atom. The maximum Gasteiger partial charge on any atom is 0.151 e. The molecule has 4 nitrogen and oxygen atoms in total. The summed E-state index contributed by atoms with van der Waals surface area (Å²) in [4.78, 5) is 10.4. The van der Waals surface area contributed by atoms with Crippen LogP contribution >= 0.6 is 11.8 Å². The van der Waals surface area contributed by atoms with Crippen LogP contribution in [0.1, 0.15) is 37.6 Å². The van der Waals surface area contributed by atoms with E-state index in [0.29, 0.717) is 5.82 Å². The average Bonchev–Trinajstić information content (AvgIpc) is 2.99. The number of nitrogens with zero attached hydrogens (tertiary/aromatic N) is 3. The van der Waals surface area contributed by atoms with Crippen molar-refractivity contribution in [2.24, 2.45) is 0 Å². The Balaban J connectivity index is 1.67. The third-order valence-electron chi connectivity index (χ3n) is 4.32. The summed E-state index contributed by atoms with van der Waals surface area (Å²) in [5.74, 6) is 2.81. The molecule has 2 heterocycles. The van der Waals surface area contributed by atoms with Gasteiger partial charge in [-0.2, -0.15) is 0 Å². The first-order valence-corrected chi connectivity index (χ1v) is 9.97. The molecular formula is C20H26N4S. The Bertz CT molecular complexity index is 827. The first-order valence-electron chi connectivity index (χ1n) is 8.98. The Morgan fingerprint density at radius 1 is 1.16 bits per heavy atom. The van der Waals surface area contributed by atoms with Gasteiger partial charge in [0.1, 0.15) is 11.3 Å². The zero-order chi connectivity index (χ0) is 17.6. The number of pyridine rings is 1. The molecule has 0 bridgehead atoms. The van der Waals surface area contributed by atoms with E-state index in [4.69, 9.17) is 10.7 Å². The highest BCUT2D eigenvalue weighted by Gasteiger charge is 2.14. The molecule has 5 heteroatoms. The van der Waals surface area contributed by atoms with Crippen LogP contribution in [0.2, 0.25) is 0 Å². The van der Waals surface area contributed by atoms with Crippen molar-refractivity contribution in [1.29, 1.82) is 0 Å². The number of benzene rings is 1. The van der Waals surface area contributed by atoms with E-state index in [2.05, 4.69) is 53.7 Å². The molecule has 0 fully saturated rings. The molecule has 1 aromatic carbocycles. The monoisotopic (exact) mass is 354 g/mol. The molecule has 3 aromatic rings. The molecule has 0 unspecified atom stereocenters. The number of hydrogen-bond donors (Lipinski definition) is 1. The van der Waals surface area contributed by atoms with Crippen LogP contribution < -0.4 is 5.73 Å². The molecule has 0 saturated carbocycles. The molecule has 25 heavy (non-hydrogen) atoms. The summed E-state index contributed by atoms with van der Waals surface area (Å²) in [5.41, 5.74) is 9.23. The van der Waals surface area contributed by atoms with Crippen LogP contribution in [0.3, 0.4) is 0 Å². The van der Waals surface area contributed by atoms with E-state index in [9.17, 15) is 0 Å². The fraction of sp³-hybridized carbons (Fsp3) is 0.400. The van der Waals surface area contributed by atoms with Crippen molar-refractivity contribution in [3.63, 3.8) is 0 Å². The van der Waals surface area contributed by atoms with Gasteiger partial charge in [-0.25, -0.2) is 9.97 Å². The lowest BCUT2D eigenvalue weighted by atomic mass is 10.2. The van der Waals surface area contributed by atoms with Crippen molar-refractivity contribution in [2.45, 2.75) is 51.0 Å². The van der Waals surface area contributed by atoms with Crippen molar-refractivity contribution in [1.82, 2.24) is 14.5 Å². The molecule has 2 N–H and O–H groups in total. The van der Waals surface area contributed by atoms with Crippen LogP contribution in [-0.2, 0) is 13.0 Å². The minimum absolute atomic E-state index is 0.538. The Morgan fingerprint density at radius 3 is 2.72 bits per heavy atom. The van der Waals surface area contributed by atoms with Crippen molar-refractivity contribution in [2.75, 3.05) is 11.5 Å². The standard InChI is InChI=1S/C20H26N4S/c1-3-9-17-23-18-19(15(2)14-22-20(18)21)24(17)12-7-8-13-25-16-10-5-4-6-11-16/h4-6,10-11,14H,3,7-9,12-13H2,1-2H3,(H2,21,22). The summed E-state index contributed by atoms with van der Waals surface area (Å²) in [6.07, 6.45) is 6.25. The fourth-order valence-corrected chi connectivity index (χ4v) is 4.03. The number of hydrogen-bond acceptors (Lipinski definition) is 4. The normalized spacial score (nSPS) is 11.3.